The highest BCUT2D eigenvalue weighted by Crippen LogP contribution is 2.34. The number of benzene rings is 1. The van der Waals surface area contributed by atoms with Crippen molar-refractivity contribution >= 4 is 0 Å². The van der Waals surface area contributed by atoms with Crippen LogP contribution in [0.2, 0.25) is 0 Å². The van der Waals surface area contributed by atoms with Gasteiger partial charge in [-0.25, -0.2) is 0 Å². The van der Waals surface area contributed by atoms with E-state index >= 15 is 0 Å². The van der Waals surface area contributed by atoms with Crippen LogP contribution in [0, 0.1) is 0 Å². The predicted molar refractivity (Wildman–Crippen MR) is 79.2 cm³/mol. The fourth-order valence-electron chi connectivity index (χ4n) is 2.85. The van der Waals surface area contributed by atoms with E-state index in [1.165, 1.54) is 5.56 Å². The molecule has 0 heterocycles. The molecule has 0 aromatic heterocycles. The summed E-state index contributed by atoms with van der Waals surface area (Å²) in [6, 6.07) is 6.14. The molecule has 0 bridgehead atoms. The number of aryl methyl sites for hydroxylation is 1. The quantitative estimate of drug-likeness (QED) is 0.809. The van der Waals surface area contributed by atoms with Crippen LogP contribution in [0.5, 0.6) is 5.75 Å². The summed E-state index contributed by atoms with van der Waals surface area (Å²) in [5, 5.41) is 10.6. The van der Waals surface area contributed by atoms with Gasteiger partial charge in [0.2, 0.25) is 0 Å². The van der Waals surface area contributed by atoms with E-state index in [0.29, 0.717) is 6.61 Å². The molecule has 0 saturated heterocycles. The molecule has 1 N–H and O–H groups in total. The Labute approximate surface area is 121 Å². The number of aliphatic hydroxyl groups is 1. The van der Waals surface area contributed by atoms with Crippen LogP contribution in [0.25, 0.3) is 0 Å². The highest BCUT2D eigenvalue weighted by molar-refractivity contribution is 5.39. The van der Waals surface area contributed by atoms with Crippen molar-refractivity contribution in [2.45, 2.75) is 31.9 Å². The first-order valence-electron chi connectivity index (χ1n) is 7.30. The molecule has 0 fully saturated rings. The molecule has 0 amide bonds. The van der Waals surface area contributed by atoms with Gasteiger partial charge in [-0.15, -0.1) is 0 Å². The van der Waals surface area contributed by atoms with Gasteiger partial charge in [0.1, 0.15) is 5.75 Å². The van der Waals surface area contributed by atoms with Crippen molar-refractivity contribution in [1.29, 1.82) is 0 Å². The largest absolute Gasteiger partial charge is 0.497 e. The number of aliphatic hydroxyl groups excluding tert-OH is 1. The van der Waals surface area contributed by atoms with E-state index in [4.69, 9.17) is 9.47 Å². The molecule has 1 aliphatic carbocycles. The number of methoxy groups -OCH3 is 1. The Morgan fingerprint density at radius 3 is 2.90 bits per heavy atom. The van der Waals surface area contributed by atoms with Crippen LogP contribution in [0.4, 0.5) is 0 Å². The molecule has 2 unspecified atom stereocenters. The van der Waals surface area contributed by atoms with Crippen LogP contribution >= 0.6 is 0 Å². The van der Waals surface area contributed by atoms with Crippen LogP contribution in [0.1, 0.15) is 30.6 Å². The minimum atomic E-state index is -0.458. The second-order valence-electron chi connectivity index (χ2n) is 5.29. The molecule has 1 aromatic rings. The summed E-state index contributed by atoms with van der Waals surface area (Å²) < 4.78 is 10.7. The number of hydrogen-bond acceptors (Lipinski definition) is 4. The standard InChI is InChI=1S/C16H25NO3/c1-4-20-10-9-17(2)15-8-6-12-5-7-13(19-3)11-14(12)16(15)18/h5,7,11,15-16,18H,4,6,8-10H2,1-3H3. The fraction of sp³-hybridized carbons (Fsp3) is 0.625. The zero-order valence-corrected chi connectivity index (χ0v) is 12.6. The molecule has 2 atom stereocenters. The zero-order chi connectivity index (χ0) is 14.5. The summed E-state index contributed by atoms with van der Waals surface area (Å²) in [6.45, 7) is 4.29. The van der Waals surface area contributed by atoms with E-state index in [9.17, 15) is 5.11 Å². The Balaban J connectivity index is 2.07. The molecule has 2 rings (SSSR count). The first kappa shape index (κ1) is 15.3. The second-order valence-corrected chi connectivity index (χ2v) is 5.29. The monoisotopic (exact) mass is 279 g/mol. The number of nitrogens with zero attached hydrogens (tertiary/aromatic N) is 1. The van der Waals surface area contributed by atoms with Crippen molar-refractivity contribution in [3.8, 4) is 5.75 Å². The summed E-state index contributed by atoms with van der Waals surface area (Å²) in [7, 11) is 3.71. The van der Waals surface area contributed by atoms with Crippen LogP contribution in [-0.4, -0.2) is 50.0 Å². The van der Waals surface area contributed by atoms with Crippen molar-refractivity contribution in [3.63, 3.8) is 0 Å². The van der Waals surface area contributed by atoms with Crippen LogP contribution < -0.4 is 4.74 Å². The van der Waals surface area contributed by atoms with Crippen molar-refractivity contribution in [2.24, 2.45) is 0 Å². The molecule has 112 valence electrons. The Hall–Kier alpha value is -1.10. The van der Waals surface area contributed by atoms with E-state index in [2.05, 4.69) is 18.0 Å². The Kier molecular flexibility index (Phi) is 5.40. The molecule has 20 heavy (non-hydrogen) atoms. The third kappa shape index (κ3) is 3.32. The summed E-state index contributed by atoms with van der Waals surface area (Å²) in [6.07, 6.45) is 1.52. The van der Waals surface area contributed by atoms with Crippen molar-refractivity contribution in [1.82, 2.24) is 4.90 Å². The molecule has 0 spiro atoms. The molecular formula is C16H25NO3. The third-order valence-electron chi connectivity index (χ3n) is 4.10. The number of rotatable bonds is 6. The lowest BCUT2D eigenvalue weighted by molar-refractivity contribution is 0.0316. The van der Waals surface area contributed by atoms with Gasteiger partial charge in [0.25, 0.3) is 0 Å². The van der Waals surface area contributed by atoms with Crippen molar-refractivity contribution < 1.29 is 14.6 Å². The Morgan fingerprint density at radius 2 is 2.20 bits per heavy atom. The van der Waals surface area contributed by atoms with Gasteiger partial charge in [-0.1, -0.05) is 6.07 Å². The maximum Gasteiger partial charge on any atom is 0.119 e. The normalized spacial score (nSPS) is 21.9. The summed E-state index contributed by atoms with van der Waals surface area (Å²) in [5.41, 5.74) is 2.23. The number of ether oxygens (including phenoxy) is 2. The van der Waals surface area contributed by atoms with Gasteiger partial charge in [-0.2, -0.15) is 0 Å². The topological polar surface area (TPSA) is 41.9 Å². The molecule has 4 heteroatoms. The molecule has 0 saturated carbocycles. The molecule has 0 radical (unpaired) electrons. The third-order valence-corrected chi connectivity index (χ3v) is 4.10. The lowest BCUT2D eigenvalue weighted by Gasteiger charge is -2.36. The lowest BCUT2D eigenvalue weighted by atomic mass is 9.85. The Morgan fingerprint density at radius 1 is 1.40 bits per heavy atom. The van der Waals surface area contributed by atoms with Crippen LogP contribution in [-0.2, 0) is 11.2 Å². The average Bonchev–Trinajstić information content (AvgIpc) is 2.47. The Bertz CT molecular complexity index is 436. The zero-order valence-electron chi connectivity index (χ0n) is 12.6. The van der Waals surface area contributed by atoms with E-state index in [0.717, 1.165) is 37.3 Å². The first-order chi connectivity index (χ1) is 9.67. The highest BCUT2D eigenvalue weighted by atomic mass is 16.5. The van der Waals surface area contributed by atoms with Crippen LogP contribution in [0.15, 0.2) is 18.2 Å². The molecule has 1 aliphatic rings. The lowest BCUT2D eigenvalue weighted by Crippen LogP contribution is -2.41. The predicted octanol–water partition coefficient (Wildman–Crippen LogP) is 2.01. The van der Waals surface area contributed by atoms with Gasteiger partial charge in [-0.3, -0.25) is 4.90 Å². The summed E-state index contributed by atoms with van der Waals surface area (Å²) in [5.74, 6) is 0.806. The number of likely N-dealkylation sites (N-methyl/N-ethyl adjacent to an activating group) is 1. The minimum absolute atomic E-state index is 0.148. The number of fused-ring (bicyclic) bond motifs is 1. The minimum Gasteiger partial charge on any atom is -0.497 e. The van der Waals surface area contributed by atoms with E-state index in [1.54, 1.807) is 7.11 Å². The molecular weight excluding hydrogens is 254 g/mol. The maximum atomic E-state index is 10.6. The average molecular weight is 279 g/mol. The summed E-state index contributed by atoms with van der Waals surface area (Å²) in [4.78, 5) is 2.20. The van der Waals surface area contributed by atoms with E-state index in [-0.39, 0.29) is 6.04 Å². The molecule has 0 aliphatic heterocycles. The molecule has 1 aromatic carbocycles. The van der Waals surface area contributed by atoms with E-state index in [1.807, 2.05) is 19.1 Å². The van der Waals surface area contributed by atoms with Gasteiger partial charge in [0, 0.05) is 19.2 Å². The van der Waals surface area contributed by atoms with Gasteiger partial charge in [-0.05, 0) is 50.1 Å². The fourth-order valence-corrected chi connectivity index (χ4v) is 2.85. The first-order valence-corrected chi connectivity index (χ1v) is 7.30. The summed E-state index contributed by atoms with van der Waals surface area (Å²) >= 11 is 0. The smallest absolute Gasteiger partial charge is 0.119 e. The van der Waals surface area contributed by atoms with Crippen LogP contribution in [0.3, 0.4) is 0 Å². The van der Waals surface area contributed by atoms with Gasteiger partial charge < -0.3 is 14.6 Å². The molecule has 4 nitrogen and oxygen atoms in total. The van der Waals surface area contributed by atoms with Crippen molar-refractivity contribution in [3.05, 3.63) is 29.3 Å². The maximum absolute atomic E-state index is 10.6. The number of hydrogen-bond donors (Lipinski definition) is 1. The highest BCUT2D eigenvalue weighted by Gasteiger charge is 2.30. The van der Waals surface area contributed by atoms with Gasteiger partial charge in [0.15, 0.2) is 0 Å². The van der Waals surface area contributed by atoms with Gasteiger partial charge in [0.05, 0.1) is 19.8 Å². The SMILES string of the molecule is CCOCCN(C)C1CCc2ccc(OC)cc2C1O. The van der Waals surface area contributed by atoms with Crippen molar-refractivity contribution in [2.75, 3.05) is 33.9 Å². The second kappa shape index (κ2) is 7.07. The van der Waals surface area contributed by atoms with E-state index < -0.39 is 6.10 Å². The van der Waals surface area contributed by atoms with Gasteiger partial charge >= 0.3 is 0 Å².